The lowest BCUT2D eigenvalue weighted by molar-refractivity contribution is -0.139. The molecular formula is C29H30F3N3O3. The van der Waals surface area contributed by atoms with E-state index in [4.69, 9.17) is 0 Å². The highest BCUT2D eigenvalue weighted by Crippen LogP contribution is 2.39. The number of aromatic nitrogens is 1. The summed E-state index contributed by atoms with van der Waals surface area (Å²) in [6.07, 6.45) is -2.78. The number of aryl methyl sites for hydroxylation is 1. The van der Waals surface area contributed by atoms with Crippen LogP contribution in [0.3, 0.4) is 0 Å². The van der Waals surface area contributed by atoms with Crippen LogP contribution in [0.1, 0.15) is 63.8 Å². The van der Waals surface area contributed by atoms with E-state index in [0.717, 1.165) is 40.1 Å². The molecule has 2 atom stereocenters. The normalized spacial score (nSPS) is 16.3. The zero-order valence-corrected chi connectivity index (χ0v) is 21.4. The number of nitrogens with zero attached hydrogens (tertiary/aromatic N) is 2. The molecule has 2 aromatic carbocycles. The number of carbonyl (C=O) groups excluding carboxylic acids is 1. The van der Waals surface area contributed by atoms with Gasteiger partial charge in [-0.05, 0) is 47.7 Å². The summed E-state index contributed by atoms with van der Waals surface area (Å²) in [7, 11) is 0. The number of hydrogen-bond donors (Lipinski definition) is 2. The number of hydrogen-bond acceptors (Lipinski definition) is 4. The fourth-order valence-electron chi connectivity index (χ4n) is 4.85. The van der Waals surface area contributed by atoms with Crippen LogP contribution in [0.15, 0.2) is 60.8 Å². The number of halogens is 3. The van der Waals surface area contributed by atoms with E-state index in [1.165, 1.54) is 18.3 Å². The quantitative estimate of drug-likeness (QED) is 0.403. The lowest BCUT2D eigenvalue weighted by atomic mass is 9.99. The van der Waals surface area contributed by atoms with Crippen LogP contribution >= 0.6 is 0 Å². The van der Waals surface area contributed by atoms with Crippen LogP contribution in [-0.4, -0.2) is 32.9 Å². The maximum atomic E-state index is 13.0. The number of benzene rings is 2. The third kappa shape index (κ3) is 6.22. The molecular weight excluding hydrogens is 495 g/mol. The van der Waals surface area contributed by atoms with Crippen molar-refractivity contribution in [3.63, 3.8) is 0 Å². The van der Waals surface area contributed by atoms with Gasteiger partial charge in [-0.1, -0.05) is 55.8 Å². The molecule has 38 heavy (non-hydrogen) atoms. The van der Waals surface area contributed by atoms with Gasteiger partial charge in [0.1, 0.15) is 6.04 Å². The zero-order chi connectivity index (χ0) is 27.6. The lowest BCUT2D eigenvalue weighted by Gasteiger charge is -2.27. The molecule has 1 aliphatic rings. The summed E-state index contributed by atoms with van der Waals surface area (Å²) in [6.45, 7) is 6.93. The maximum Gasteiger partial charge on any atom is 0.416 e. The van der Waals surface area contributed by atoms with Crippen LogP contribution in [0, 0.1) is 12.8 Å². The topological polar surface area (TPSA) is 82.5 Å². The molecule has 9 heteroatoms. The summed E-state index contributed by atoms with van der Waals surface area (Å²) in [6, 6.07) is 13.1. The maximum absolute atomic E-state index is 13.0. The third-order valence-corrected chi connectivity index (χ3v) is 6.77. The number of pyridine rings is 1. The Morgan fingerprint density at radius 2 is 1.71 bits per heavy atom. The molecule has 2 heterocycles. The second-order valence-corrected chi connectivity index (χ2v) is 10.1. The molecule has 0 saturated carbocycles. The van der Waals surface area contributed by atoms with Crippen molar-refractivity contribution in [1.29, 1.82) is 0 Å². The van der Waals surface area contributed by atoms with Crippen LogP contribution in [0.5, 0.6) is 0 Å². The second-order valence-electron chi connectivity index (χ2n) is 10.1. The first-order valence-corrected chi connectivity index (χ1v) is 12.4. The molecule has 3 aromatic rings. The number of alkyl halides is 3. The van der Waals surface area contributed by atoms with Crippen molar-refractivity contribution in [2.45, 2.75) is 58.5 Å². The number of aliphatic carboxylic acids is 1. The largest absolute Gasteiger partial charge is 0.480 e. The van der Waals surface area contributed by atoms with Crippen molar-refractivity contribution in [3.8, 4) is 0 Å². The Morgan fingerprint density at radius 1 is 1.08 bits per heavy atom. The number of carbonyl (C=O) groups is 2. The first-order chi connectivity index (χ1) is 17.9. The highest BCUT2D eigenvalue weighted by atomic mass is 19.4. The molecule has 2 N–H and O–H groups in total. The van der Waals surface area contributed by atoms with Crippen molar-refractivity contribution in [1.82, 2.24) is 15.2 Å². The van der Waals surface area contributed by atoms with Crippen molar-refractivity contribution in [2.24, 2.45) is 5.92 Å². The number of nitrogens with one attached hydrogen (secondary N) is 1. The molecule has 0 saturated heterocycles. The standard InChI is InChI=1S/C29H30F3N3O3/c1-17(2)26-25-22(16-35(26)15-20-8-10-23(11-9-20)29(30,31)32)13-21(14-33-25)27(36)34-24(28(37)38)12-19-6-4-18(3)5-7-19/h4-11,13-14,17,24,26H,12,15-16H2,1-3H3,(H,34,36)(H,37,38)/t24?,26-/m0/s1. The van der Waals surface area contributed by atoms with E-state index in [9.17, 15) is 27.9 Å². The van der Waals surface area contributed by atoms with Crippen LogP contribution in [-0.2, 0) is 30.5 Å². The number of carboxylic acids is 1. The minimum atomic E-state index is -4.39. The average molecular weight is 526 g/mol. The van der Waals surface area contributed by atoms with E-state index < -0.39 is 29.7 Å². The molecule has 0 bridgehead atoms. The van der Waals surface area contributed by atoms with Gasteiger partial charge < -0.3 is 10.4 Å². The fourth-order valence-corrected chi connectivity index (χ4v) is 4.85. The van der Waals surface area contributed by atoms with Gasteiger partial charge in [0.25, 0.3) is 5.91 Å². The summed E-state index contributed by atoms with van der Waals surface area (Å²) in [5.41, 5.74) is 3.83. The molecule has 0 aliphatic carbocycles. The van der Waals surface area contributed by atoms with Crippen LogP contribution < -0.4 is 5.32 Å². The van der Waals surface area contributed by atoms with Gasteiger partial charge >= 0.3 is 12.1 Å². The van der Waals surface area contributed by atoms with Crippen molar-refractivity contribution < 1.29 is 27.9 Å². The predicted molar refractivity (Wildman–Crippen MR) is 136 cm³/mol. The SMILES string of the molecule is Cc1ccc(CC(NC(=O)c2cnc3c(c2)CN(Cc2ccc(C(F)(F)F)cc2)[C@H]3C(C)C)C(=O)O)cc1. The van der Waals surface area contributed by atoms with E-state index >= 15 is 0 Å². The Labute approximate surface area is 219 Å². The molecule has 1 amide bonds. The predicted octanol–water partition coefficient (Wildman–Crippen LogP) is 5.55. The number of carboxylic acid groups (broad SMARTS) is 1. The van der Waals surface area contributed by atoms with E-state index in [1.54, 1.807) is 6.07 Å². The number of rotatable bonds is 8. The van der Waals surface area contributed by atoms with Crippen molar-refractivity contribution in [2.75, 3.05) is 0 Å². The van der Waals surface area contributed by atoms with E-state index in [0.29, 0.717) is 13.1 Å². The minimum absolute atomic E-state index is 0.0716. The van der Waals surface area contributed by atoms with Crippen LogP contribution in [0.2, 0.25) is 0 Å². The van der Waals surface area contributed by atoms with Crippen LogP contribution in [0.4, 0.5) is 13.2 Å². The highest BCUT2D eigenvalue weighted by Gasteiger charge is 2.35. The Kier molecular flexibility index (Phi) is 7.87. The number of amides is 1. The van der Waals surface area contributed by atoms with Gasteiger partial charge in [-0.25, -0.2) is 4.79 Å². The summed E-state index contributed by atoms with van der Waals surface area (Å²) in [5.74, 6) is -1.48. The van der Waals surface area contributed by atoms with Gasteiger partial charge in [-0.15, -0.1) is 0 Å². The molecule has 1 unspecified atom stereocenters. The summed E-state index contributed by atoms with van der Waals surface area (Å²) < 4.78 is 38.8. The Hall–Kier alpha value is -3.72. The summed E-state index contributed by atoms with van der Waals surface area (Å²) >= 11 is 0. The summed E-state index contributed by atoms with van der Waals surface area (Å²) in [4.78, 5) is 31.5. The average Bonchev–Trinajstić information content (AvgIpc) is 3.21. The molecule has 6 nitrogen and oxygen atoms in total. The summed E-state index contributed by atoms with van der Waals surface area (Å²) in [5, 5.41) is 12.3. The molecule has 0 spiro atoms. The van der Waals surface area contributed by atoms with E-state index in [-0.39, 0.29) is 23.9 Å². The highest BCUT2D eigenvalue weighted by molar-refractivity contribution is 5.96. The fraction of sp³-hybridized carbons (Fsp3) is 0.345. The smallest absolute Gasteiger partial charge is 0.416 e. The van der Waals surface area contributed by atoms with Crippen LogP contribution in [0.25, 0.3) is 0 Å². The van der Waals surface area contributed by atoms with Gasteiger partial charge in [-0.2, -0.15) is 13.2 Å². The molecule has 200 valence electrons. The molecule has 1 aromatic heterocycles. The van der Waals surface area contributed by atoms with Gasteiger partial charge in [0.15, 0.2) is 0 Å². The first-order valence-electron chi connectivity index (χ1n) is 12.4. The molecule has 0 radical (unpaired) electrons. The third-order valence-electron chi connectivity index (χ3n) is 6.77. The zero-order valence-electron chi connectivity index (χ0n) is 21.4. The molecule has 4 rings (SSSR count). The van der Waals surface area contributed by atoms with E-state index in [2.05, 4.69) is 15.2 Å². The van der Waals surface area contributed by atoms with Crippen molar-refractivity contribution >= 4 is 11.9 Å². The van der Waals surface area contributed by atoms with Crippen molar-refractivity contribution in [3.05, 3.63) is 99.9 Å². The molecule has 1 aliphatic heterocycles. The minimum Gasteiger partial charge on any atom is -0.480 e. The first kappa shape index (κ1) is 27.3. The van der Waals surface area contributed by atoms with E-state index in [1.807, 2.05) is 45.0 Å². The van der Waals surface area contributed by atoms with Gasteiger partial charge in [-0.3, -0.25) is 14.7 Å². The Balaban J connectivity index is 1.49. The second kappa shape index (κ2) is 10.9. The molecule has 0 fully saturated rings. The van der Waals surface area contributed by atoms with Gasteiger partial charge in [0, 0.05) is 25.7 Å². The Bertz CT molecular complexity index is 1310. The van der Waals surface area contributed by atoms with Gasteiger partial charge in [0.05, 0.1) is 22.9 Å². The van der Waals surface area contributed by atoms with Gasteiger partial charge in [0.2, 0.25) is 0 Å². The lowest BCUT2D eigenvalue weighted by Crippen LogP contribution is -2.42. The Morgan fingerprint density at radius 3 is 2.29 bits per heavy atom. The monoisotopic (exact) mass is 525 g/mol. The number of fused-ring (bicyclic) bond motifs is 1.